The van der Waals surface area contributed by atoms with Crippen LogP contribution in [0.15, 0.2) is 218 Å². The smallest absolute Gasteiger partial charge is 0.160 e. The van der Waals surface area contributed by atoms with Gasteiger partial charge in [-0.25, -0.2) is 9.97 Å². The Hall–Kier alpha value is -8.08. The van der Waals surface area contributed by atoms with E-state index in [9.17, 15) is 0 Å². The van der Waals surface area contributed by atoms with Crippen molar-refractivity contribution in [1.29, 1.82) is 0 Å². The Balaban J connectivity index is 1.00. The van der Waals surface area contributed by atoms with Crippen LogP contribution in [0.25, 0.3) is 111 Å². The topological polar surface area (TPSA) is 35.6 Å². The number of para-hydroxylation sites is 3. The fourth-order valence-electron chi connectivity index (χ4n) is 9.05. The second kappa shape index (κ2) is 13.8. The molecule has 9 aromatic carbocycles. The molecule has 12 aromatic rings. The molecule has 0 aliphatic rings. The Morgan fingerprint density at radius 1 is 0.267 bits per heavy atom. The summed E-state index contributed by atoms with van der Waals surface area (Å²) in [6.07, 6.45) is 0. The quantitative estimate of drug-likeness (QED) is 0.169. The Kier molecular flexibility index (Phi) is 7.82. The molecule has 280 valence electrons. The van der Waals surface area contributed by atoms with Gasteiger partial charge in [0.25, 0.3) is 0 Å². The van der Waals surface area contributed by atoms with E-state index < -0.39 is 0 Å². The summed E-state index contributed by atoms with van der Waals surface area (Å²) in [5.41, 5.74) is 14.2. The molecule has 12 rings (SSSR count). The minimum atomic E-state index is 0.697. The highest BCUT2D eigenvalue weighted by molar-refractivity contribution is 6.19. The summed E-state index contributed by atoms with van der Waals surface area (Å²) >= 11 is 0. The SMILES string of the molecule is c1ccc(-c2cccc(-c3cc(-c4ccccc4)nc(-c4ccc5cc(-n6c7ccccc7c7cc8c9ccccc9n(-c9ccccc9)c8cc76)ccc5c4)n3)c2)cc1. The first-order chi connectivity index (χ1) is 29.7. The molecule has 0 aliphatic heterocycles. The van der Waals surface area contributed by atoms with Gasteiger partial charge in [0, 0.05) is 49.6 Å². The van der Waals surface area contributed by atoms with Gasteiger partial charge in [-0.1, -0.05) is 152 Å². The van der Waals surface area contributed by atoms with E-state index in [1.54, 1.807) is 0 Å². The summed E-state index contributed by atoms with van der Waals surface area (Å²) in [5, 5.41) is 7.26. The molecule has 0 spiro atoms. The average Bonchev–Trinajstić information content (AvgIpc) is 3.83. The minimum absolute atomic E-state index is 0.697. The lowest BCUT2D eigenvalue weighted by Crippen LogP contribution is -1.97. The number of hydrogen-bond acceptors (Lipinski definition) is 2. The molecule has 0 unspecified atom stereocenters. The van der Waals surface area contributed by atoms with Gasteiger partial charge >= 0.3 is 0 Å². The van der Waals surface area contributed by atoms with E-state index in [0.29, 0.717) is 5.82 Å². The van der Waals surface area contributed by atoms with E-state index >= 15 is 0 Å². The maximum atomic E-state index is 5.22. The Morgan fingerprint density at radius 3 is 1.50 bits per heavy atom. The molecule has 4 nitrogen and oxygen atoms in total. The zero-order chi connectivity index (χ0) is 39.6. The van der Waals surface area contributed by atoms with Crippen molar-refractivity contribution in [1.82, 2.24) is 19.1 Å². The summed E-state index contributed by atoms with van der Waals surface area (Å²) in [6.45, 7) is 0. The third kappa shape index (κ3) is 5.61. The van der Waals surface area contributed by atoms with E-state index in [0.717, 1.165) is 55.8 Å². The van der Waals surface area contributed by atoms with Gasteiger partial charge in [0.1, 0.15) is 0 Å². The molecule has 0 saturated heterocycles. The fourth-order valence-corrected chi connectivity index (χ4v) is 9.05. The van der Waals surface area contributed by atoms with E-state index in [4.69, 9.17) is 9.97 Å². The Labute approximate surface area is 346 Å². The molecule has 4 heteroatoms. The summed E-state index contributed by atoms with van der Waals surface area (Å²) in [5.74, 6) is 0.697. The van der Waals surface area contributed by atoms with E-state index in [1.807, 2.05) is 6.07 Å². The van der Waals surface area contributed by atoms with Gasteiger partial charge in [0.05, 0.1) is 33.5 Å². The number of aromatic nitrogens is 4. The third-order valence-corrected chi connectivity index (χ3v) is 11.9. The lowest BCUT2D eigenvalue weighted by molar-refractivity contribution is 1.17. The first kappa shape index (κ1) is 34.0. The molecular formula is C56H36N4. The van der Waals surface area contributed by atoms with Crippen molar-refractivity contribution in [2.75, 3.05) is 0 Å². The van der Waals surface area contributed by atoms with Gasteiger partial charge in [-0.2, -0.15) is 0 Å². The van der Waals surface area contributed by atoms with Gasteiger partial charge in [-0.05, 0) is 88.6 Å². The predicted molar refractivity (Wildman–Crippen MR) is 250 cm³/mol. The highest BCUT2D eigenvalue weighted by Gasteiger charge is 2.19. The van der Waals surface area contributed by atoms with Crippen LogP contribution in [0.4, 0.5) is 0 Å². The maximum Gasteiger partial charge on any atom is 0.160 e. The van der Waals surface area contributed by atoms with Gasteiger partial charge in [-0.15, -0.1) is 0 Å². The van der Waals surface area contributed by atoms with Gasteiger partial charge in [0.2, 0.25) is 0 Å². The van der Waals surface area contributed by atoms with Crippen LogP contribution in [0.5, 0.6) is 0 Å². The van der Waals surface area contributed by atoms with Crippen LogP contribution >= 0.6 is 0 Å². The molecular weight excluding hydrogens is 729 g/mol. The van der Waals surface area contributed by atoms with Crippen LogP contribution in [0.1, 0.15) is 0 Å². The lowest BCUT2D eigenvalue weighted by Gasteiger charge is -2.12. The molecule has 0 saturated carbocycles. The normalized spacial score (nSPS) is 11.7. The molecule has 0 amide bonds. The Bertz CT molecular complexity index is 3580. The lowest BCUT2D eigenvalue weighted by atomic mass is 10.0. The molecule has 0 radical (unpaired) electrons. The van der Waals surface area contributed by atoms with Crippen LogP contribution < -0.4 is 0 Å². The van der Waals surface area contributed by atoms with Crippen molar-refractivity contribution < 1.29 is 0 Å². The minimum Gasteiger partial charge on any atom is -0.309 e. The first-order valence-corrected chi connectivity index (χ1v) is 20.4. The van der Waals surface area contributed by atoms with Gasteiger partial charge in [0.15, 0.2) is 5.82 Å². The Morgan fingerprint density at radius 2 is 0.800 bits per heavy atom. The number of rotatable bonds is 6. The zero-order valence-electron chi connectivity index (χ0n) is 32.6. The second-order valence-corrected chi connectivity index (χ2v) is 15.4. The van der Waals surface area contributed by atoms with Crippen molar-refractivity contribution in [3.63, 3.8) is 0 Å². The largest absolute Gasteiger partial charge is 0.309 e. The number of nitrogens with zero attached hydrogens (tertiary/aromatic N) is 4. The number of hydrogen-bond donors (Lipinski definition) is 0. The first-order valence-electron chi connectivity index (χ1n) is 20.4. The van der Waals surface area contributed by atoms with Crippen molar-refractivity contribution in [3.8, 4) is 56.4 Å². The van der Waals surface area contributed by atoms with Crippen molar-refractivity contribution in [3.05, 3.63) is 218 Å². The predicted octanol–water partition coefficient (Wildman–Crippen LogP) is 14.5. The van der Waals surface area contributed by atoms with Gasteiger partial charge in [-0.3, -0.25) is 0 Å². The number of fused-ring (bicyclic) bond motifs is 7. The molecule has 60 heavy (non-hydrogen) atoms. The van der Waals surface area contributed by atoms with E-state index in [2.05, 4.69) is 221 Å². The third-order valence-electron chi connectivity index (χ3n) is 11.9. The van der Waals surface area contributed by atoms with Crippen LogP contribution in [0.3, 0.4) is 0 Å². The van der Waals surface area contributed by atoms with Crippen LogP contribution in [-0.4, -0.2) is 19.1 Å². The highest BCUT2D eigenvalue weighted by atomic mass is 15.0. The molecule has 0 atom stereocenters. The van der Waals surface area contributed by atoms with Crippen molar-refractivity contribution >= 4 is 54.4 Å². The van der Waals surface area contributed by atoms with Crippen molar-refractivity contribution in [2.24, 2.45) is 0 Å². The molecule has 0 N–H and O–H groups in total. The van der Waals surface area contributed by atoms with Crippen molar-refractivity contribution in [2.45, 2.75) is 0 Å². The fraction of sp³-hybridized carbons (Fsp3) is 0. The number of benzene rings is 9. The summed E-state index contributed by atoms with van der Waals surface area (Å²) in [4.78, 5) is 10.4. The van der Waals surface area contributed by atoms with E-state index in [1.165, 1.54) is 49.2 Å². The summed E-state index contributed by atoms with van der Waals surface area (Å²) in [7, 11) is 0. The van der Waals surface area contributed by atoms with Gasteiger partial charge < -0.3 is 9.13 Å². The standard InChI is InChI=1S/C56H36N4/c1-4-15-37(16-5-1)39-19-14-20-42(31-39)51-35-50(38-17-6-2-7-18-38)57-56(58-51)43-28-27-41-33-45(30-29-40(41)32-43)60-53-26-13-11-24-47(53)49-34-48-46-23-10-12-25-52(46)59(54(48)36-55(49)60)44-21-8-3-9-22-44/h1-36H. The maximum absolute atomic E-state index is 5.22. The molecule has 0 aliphatic carbocycles. The van der Waals surface area contributed by atoms with Crippen LogP contribution in [0.2, 0.25) is 0 Å². The molecule has 3 aromatic heterocycles. The molecule has 0 fully saturated rings. The molecule has 3 heterocycles. The zero-order valence-corrected chi connectivity index (χ0v) is 32.6. The second-order valence-electron chi connectivity index (χ2n) is 15.4. The monoisotopic (exact) mass is 764 g/mol. The summed E-state index contributed by atoms with van der Waals surface area (Å²) in [6, 6.07) is 78.0. The van der Waals surface area contributed by atoms with Crippen LogP contribution in [-0.2, 0) is 0 Å². The summed E-state index contributed by atoms with van der Waals surface area (Å²) < 4.78 is 4.82. The van der Waals surface area contributed by atoms with Crippen LogP contribution in [0, 0.1) is 0 Å². The van der Waals surface area contributed by atoms with E-state index in [-0.39, 0.29) is 0 Å². The average molecular weight is 765 g/mol. The highest BCUT2D eigenvalue weighted by Crippen LogP contribution is 2.40. The molecule has 0 bridgehead atoms.